The average molecular weight is 438 g/mol. The summed E-state index contributed by atoms with van der Waals surface area (Å²) in [7, 11) is 3.07. The third-order valence-electron chi connectivity index (χ3n) is 5.30. The number of benzene rings is 2. The minimum Gasteiger partial charge on any atom is -0.493 e. The average Bonchev–Trinajstić information content (AvgIpc) is 3.35. The number of carbonyl (C=O) groups excluding carboxylic acids is 2. The molecule has 1 N–H and O–H groups in total. The zero-order valence-electron chi connectivity index (χ0n) is 17.8. The molecule has 7 nitrogen and oxygen atoms in total. The Hall–Kier alpha value is -3.39. The molecule has 2 heterocycles. The molecule has 4 rings (SSSR count). The van der Waals surface area contributed by atoms with Crippen molar-refractivity contribution >= 4 is 34.0 Å². The van der Waals surface area contributed by atoms with Crippen LogP contribution in [0.15, 0.2) is 41.8 Å². The Labute approximate surface area is 184 Å². The molecule has 1 aliphatic heterocycles. The van der Waals surface area contributed by atoms with E-state index >= 15 is 0 Å². The first-order chi connectivity index (χ1) is 14.9. The molecule has 2 aromatic carbocycles. The van der Waals surface area contributed by atoms with Gasteiger partial charge in [0.05, 0.1) is 19.9 Å². The highest BCUT2D eigenvalue weighted by Gasteiger charge is 2.29. The monoisotopic (exact) mass is 437 g/mol. The number of methoxy groups -OCH3 is 2. The predicted octanol–water partition coefficient (Wildman–Crippen LogP) is 4.38. The minimum absolute atomic E-state index is 0.0489. The summed E-state index contributed by atoms with van der Waals surface area (Å²) in [5.41, 5.74) is 4.28. The smallest absolute Gasteiger partial charge is 0.257 e. The number of nitrogens with one attached hydrogen (secondary N) is 1. The van der Waals surface area contributed by atoms with Crippen molar-refractivity contribution in [1.82, 2.24) is 4.98 Å². The van der Waals surface area contributed by atoms with Crippen molar-refractivity contribution < 1.29 is 19.1 Å². The van der Waals surface area contributed by atoms with Crippen LogP contribution in [0.1, 0.15) is 29.8 Å². The maximum Gasteiger partial charge on any atom is 0.257 e. The highest BCUT2D eigenvalue weighted by Crippen LogP contribution is 2.36. The van der Waals surface area contributed by atoms with E-state index in [-0.39, 0.29) is 17.9 Å². The van der Waals surface area contributed by atoms with Crippen LogP contribution in [0.25, 0.3) is 11.3 Å². The topological polar surface area (TPSA) is 80.8 Å². The van der Waals surface area contributed by atoms with E-state index < -0.39 is 0 Å². The first kappa shape index (κ1) is 20.9. The van der Waals surface area contributed by atoms with Gasteiger partial charge in [0.2, 0.25) is 5.91 Å². The number of amides is 2. The van der Waals surface area contributed by atoms with Crippen LogP contribution in [0, 0.1) is 0 Å². The van der Waals surface area contributed by atoms with Crippen molar-refractivity contribution in [3.8, 4) is 22.8 Å². The summed E-state index contributed by atoms with van der Waals surface area (Å²) >= 11 is 1.36. The van der Waals surface area contributed by atoms with E-state index in [9.17, 15) is 9.59 Å². The van der Waals surface area contributed by atoms with Gasteiger partial charge in [-0.25, -0.2) is 4.98 Å². The van der Waals surface area contributed by atoms with E-state index in [1.54, 1.807) is 32.2 Å². The van der Waals surface area contributed by atoms with E-state index in [1.165, 1.54) is 18.4 Å². The Balaban J connectivity index is 1.52. The number of thiazole rings is 1. The fourth-order valence-corrected chi connectivity index (χ4v) is 4.60. The number of carbonyl (C=O) groups is 2. The molecular weight excluding hydrogens is 414 g/mol. The molecule has 8 heteroatoms. The second kappa shape index (κ2) is 8.39. The van der Waals surface area contributed by atoms with Crippen molar-refractivity contribution in [2.24, 2.45) is 0 Å². The van der Waals surface area contributed by atoms with Gasteiger partial charge in [-0.15, -0.1) is 11.3 Å². The van der Waals surface area contributed by atoms with Crippen LogP contribution >= 0.6 is 11.3 Å². The lowest BCUT2D eigenvalue weighted by Crippen LogP contribution is -2.33. The number of fused-ring (bicyclic) bond motifs is 1. The van der Waals surface area contributed by atoms with Gasteiger partial charge in [-0.2, -0.15) is 0 Å². The van der Waals surface area contributed by atoms with Crippen LogP contribution in [-0.4, -0.2) is 37.1 Å². The molecule has 3 aromatic rings. The molecule has 1 aliphatic rings. The van der Waals surface area contributed by atoms with Crippen molar-refractivity contribution in [3.05, 3.63) is 52.9 Å². The third-order valence-corrected chi connectivity index (χ3v) is 6.06. The zero-order valence-corrected chi connectivity index (χ0v) is 18.6. The van der Waals surface area contributed by atoms with Crippen molar-refractivity contribution in [2.75, 3.05) is 24.4 Å². The molecular formula is C23H23N3O4S. The summed E-state index contributed by atoms with van der Waals surface area (Å²) in [6.45, 7) is 3.64. The predicted molar refractivity (Wildman–Crippen MR) is 121 cm³/mol. The molecule has 160 valence electrons. The number of hydrogen-bond acceptors (Lipinski definition) is 6. The SMILES string of the molecule is COc1ccc(C(=O)Nc2nc(-c3ccc4c(c3)CC(C)N4C(C)=O)cs2)cc1OC. The van der Waals surface area contributed by atoms with Crippen molar-refractivity contribution in [3.63, 3.8) is 0 Å². The summed E-state index contributed by atoms with van der Waals surface area (Å²) in [6.07, 6.45) is 0.815. The lowest BCUT2D eigenvalue weighted by molar-refractivity contribution is -0.116. The van der Waals surface area contributed by atoms with Crippen molar-refractivity contribution in [1.29, 1.82) is 0 Å². The number of hydrogen-bond donors (Lipinski definition) is 1. The Morgan fingerprint density at radius 1 is 1.13 bits per heavy atom. The summed E-state index contributed by atoms with van der Waals surface area (Å²) in [5.74, 6) is 0.821. The molecule has 0 saturated carbocycles. The van der Waals surface area contributed by atoms with Crippen LogP contribution in [0.4, 0.5) is 10.8 Å². The second-order valence-corrected chi connectivity index (χ2v) is 8.21. The van der Waals surface area contributed by atoms with Gasteiger partial charge in [0.15, 0.2) is 16.6 Å². The van der Waals surface area contributed by atoms with E-state index in [2.05, 4.69) is 16.4 Å². The molecule has 0 fully saturated rings. The van der Waals surface area contributed by atoms with Crippen LogP contribution in [0.2, 0.25) is 0 Å². The Kier molecular flexibility index (Phi) is 5.65. The van der Waals surface area contributed by atoms with Gasteiger partial charge in [0.1, 0.15) is 0 Å². The number of anilines is 2. The number of ether oxygens (including phenoxy) is 2. The molecule has 1 aromatic heterocycles. The van der Waals surface area contributed by atoms with Crippen LogP contribution in [-0.2, 0) is 11.2 Å². The van der Waals surface area contributed by atoms with E-state index in [0.717, 1.165) is 28.9 Å². The highest BCUT2D eigenvalue weighted by molar-refractivity contribution is 7.14. The molecule has 1 atom stereocenters. The molecule has 0 aliphatic carbocycles. The van der Waals surface area contributed by atoms with Crippen LogP contribution in [0.3, 0.4) is 0 Å². The number of rotatable bonds is 5. The fourth-order valence-electron chi connectivity index (χ4n) is 3.88. The second-order valence-electron chi connectivity index (χ2n) is 7.35. The summed E-state index contributed by atoms with van der Waals surface area (Å²) in [5, 5.41) is 5.26. The molecule has 0 saturated heterocycles. The molecule has 1 unspecified atom stereocenters. The minimum atomic E-state index is -0.276. The van der Waals surface area contributed by atoms with E-state index in [0.29, 0.717) is 22.2 Å². The lowest BCUT2D eigenvalue weighted by Gasteiger charge is -2.20. The number of aromatic nitrogens is 1. The Bertz CT molecular complexity index is 1160. The maximum atomic E-state index is 12.6. The largest absolute Gasteiger partial charge is 0.493 e. The van der Waals surface area contributed by atoms with Gasteiger partial charge < -0.3 is 14.4 Å². The van der Waals surface area contributed by atoms with Crippen LogP contribution < -0.4 is 19.7 Å². The van der Waals surface area contributed by atoms with Gasteiger partial charge in [0, 0.05) is 35.2 Å². The highest BCUT2D eigenvalue weighted by atomic mass is 32.1. The van der Waals surface area contributed by atoms with E-state index in [1.807, 2.05) is 29.3 Å². The Morgan fingerprint density at radius 2 is 1.90 bits per heavy atom. The first-order valence-electron chi connectivity index (χ1n) is 9.83. The van der Waals surface area contributed by atoms with Gasteiger partial charge in [-0.1, -0.05) is 6.07 Å². The normalized spacial score (nSPS) is 14.8. The Morgan fingerprint density at radius 3 is 2.61 bits per heavy atom. The van der Waals surface area contributed by atoms with Gasteiger partial charge in [-0.3, -0.25) is 14.9 Å². The third kappa shape index (κ3) is 3.98. The fraction of sp³-hybridized carbons (Fsp3) is 0.261. The lowest BCUT2D eigenvalue weighted by atomic mass is 10.1. The van der Waals surface area contributed by atoms with Crippen LogP contribution in [0.5, 0.6) is 11.5 Å². The number of nitrogens with zero attached hydrogens (tertiary/aromatic N) is 2. The molecule has 0 spiro atoms. The summed E-state index contributed by atoms with van der Waals surface area (Å²) in [6, 6.07) is 11.1. The first-order valence-corrected chi connectivity index (χ1v) is 10.7. The molecule has 0 radical (unpaired) electrons. The zero-order chi connectivity index (χ0) is 22.1. The summed E-state index contributed by atoms with van der Waals surface area (Å²) < 4.78 is 10.5. The quantitative estimate of drug-likeness (QED) is 0.641. The van der Waals surface area contributed by atoms with Gasteiger partial charge in [0.25, 0.3) is 5.91 Å². The van der Waals surface area contributed by atoms with Crippen molar-refractivity contribution in [2.45, 2.75) is 26.3 Å². The standard InChI is InChI=1S/C23H23N3O4S/c1-13-9-17-10-15(5-7-19(17)26(13)14(2)27)18-12-31-23(24-18)25-22(28)16-6-8-20(29-3)21(11-16)30-4/h5-8,10-13H,9H2,1-4H3,(H,24,25,28). The molecule has 0 bridgehead atoms. The van der Waals surface area contributed by atoms with Gasteiger partial charge in [-0.05, 0) is 49.2 Å². The molecule has 31 heavy (non-hydrogen) atoms. The maximum absolute atomic E-state index is 12.6. The molecule has 2 amide bonds. The van der Waals surface area contributed by atoms with E-state index in [4.69, 9.17) is 9.47 Å². The summed E-state index contributed by atoms with van der Waals surface area (Å²) in [4.78, 5) is 31.0. The van der Waals surface area contributed by atoms with Gasteiger partial charge >= 0.3 is 0 Å².